The molecule has 4 aromatic rings. The molecule has 4 rings (SSSR count). The van der Waals surface area contributed by atoms with E-state index < -0.39 is 35.6 Å². The SMILES string of the molecule is C=Cc1ccc([C@@](N)(Cc2ccccc2)OC(=O)C(O)C(O)C(=O)O[C@](N)(Cc2ccccc2)c2ccc(C=C)cc2)cc1. The van der Waals surface area contributed by atoms with E-state index in [0.29, 0.717) is 11.1 Å². The van der Waals surface area contributed by atoms with Gasteiger partial charge in [-0.05, 0) is 22.3 Å². The number of hydrogen-bond acceptors (Lipinski definition) is 8. The Labute approximate surface area is 256 Å². The topological polar surface area (TPSA) is 145 Å². The predicted molar refractivity (Wildman–Crippen MR) is 169 cm³/mol. The number of benzene rings is 4. The minimum Gasteiger partial charge on any atom is -0.437 e. The molecule has 0 saturated carbocycles. The molecule has 0 aliphatic rings. The van der Waals surface area contributed by atoms with E-state index >= 15 is 0 Å². The standard InChI is InChI=1S/C36H36N2O6/c1-3-25-15-19-29(20-16-25)35(37,23-27-11-7-5-8-12-27)43-33(41)31(39)32(40)34(42)44-36(38,24-28-13-9-6-10-14-28)30-21-17-26(4-2)18-22-30/h3-22,31-32,39-40H,1-2,23-24,37-38H2/t31?,32?,35-,36-/m1/s1. The molecular formula is C36H36N2O6. The van der Waals surface area contributed by atoms with Crippen molar-refractivity contribution >= 4 is 24.1 Å². The molecule has 226 valence electrons. The summed E-state index contributed by atoms with van der Waals surface area (Å²) in [4.78, 5) is 26.4. The lowest BCUT2D eigenvalue weighted by Gasteiger charge is -2.33. The largest absolute Gasteiger partial charge is 0.437 e. The van der Waals surface area contributed by atoms with Gasteiger partial charge in [0.15, 0.2) is 23.7 Å². The lowest BCUT2D eigenvalue weighted by Crippen LogP contribution is -2.52. The number of aliphatic hydroxyl groups excluding tert-OH is 2. The van der Waals surface area contributed by atoms with Gasteiger partial charge in [-0.1, -0.05) is 135 Å². The molecule has 0 spiro atoms. The molecule has 0 saturated heterocycles. The Morgan fingerprint density at radius 3 is 1.23 bits per heavy atom. The highest BCUT2D eigenvalue weighted by Gasteiger charge is 2.42. The van der Waals surface area contributed by atoms with E-state index in [1.807, 2.05) is 60.7 Å². The van der Waals surface area contributed by atoms with Crippen molar-refractivity contribution in [3.63, 3.8) is 0 Å². The Hall–Kier alpha value is -4.86. The molecule has 0 aliphatic heterocycles. The molecule has 6 N–H and O–H groups in total. The van der Waals surface area contributed by atoms with Gasteiger partial charge in [0, 0.05) is 24.0 Å². The van der Waals surface area contributed by atoms with Gasteiger partial charge >= 0.3 is 11.9 Å². The zero-order chi connectivity index (χ0) is 31.7. The van der Waals surface area contributed by atoms with Gasteiger partial charge in [-0.2, -0.15) is 0 Å². The number of hydrogen-bond donors (Lipinski definition) is 4. The van der Waals surface area contributed by atoms with Crippen molar-refractivity contribution in [2.75, 3.05) is 0 Å². The van der Waals surface area contributed by atoms with Crippen LogP contribution in [0.5, 0.6) is 0 Å². The van der Waals surface area contributed by atoms with E-state index in [9.17, 15) is 19.8 Å². The molecule has 0 aliphatic carbocycles. The Morgan fingerprint density at radius 1 is 0.614 bits per heavy atom. The van der Waals surface area contributed by atoms with Gasteiger partial charge in [0.1, 0.15) is 0 Å². The number of aliphatic hydroxyl groups is 2. The Balaban J connectivity index is 1.56. The van der Waals surface area contributed by atoms with Gasteiger partial charge in [-0.25, -0.2) is 9.59 Å². The van der Waals surface area contributed by atoms with E-state index in [2.05, 4.69) is 13.2 Å². The fourth-order valence-corrected chi connectivity index (χ4v) is 4.73. The highest BCUT2D eigenvalue weighted by atomic mass is 16.6. The van der Waals surface area contributed by atoms with Gasteiger partial charge in [-0.15, -0.1) is 0 Å². The van der Waals surface area contributed by atoms with Crippen LogP contribution >= 0.6 is 0 Å². The molecule has 0 heterocycles. The fraction of sp³-hybridized carbons (Fsp3) is 0.167. The lowest BCUT2D eigenvalue weighted by atomic mass is 9.94. The minimum atomic E-state index is -2.32. The van der Waals surface area contributed by atoms with Gasteiger partial charge in [0.2, 0.25) is 0 Å². The quantitative estimate of drug-likeness (QED) is 0.134. The average Bonchev–Trinajstić information content (AvgIpc) is 3.04. The maximum atomic E-state index is 13.2. The highest BCUT2D eigenvalue weighted by Crippen LogP contribution is 2.29. The number of esters is 2. The number of rotatable bonds is 13. The van der Waals surface area contributed by atoms with Crippen molar-refractivity contribution in [2.24, 2.45) is 11.5 Å². The van der Waals surface area contributed by atoms with Crippen LogP contribution in [0.25, 0.3) is 12.2 Å². The van der Waals surface area contributed by atoms with Gasteiger partial charge in [-0.3, -0.25) is 11.5 Å². The summed E-state index contributed by atoms with van der Waals surface area (Å²) in [5.41, 5.74) is 13.8. The van der Waals surface area contributed by atoms with Crippen molar-refractivity contribution in [3.8, 4) is 0 Å². The monoisotopic (exact) mass is 592 g/mol. The molecule has 0 radical (unpaired) electrons. The van der Waals surface area contributed by atoms with Crippen LogP contribution in [0.15, 0.2) is 122 Å². The summed E-state index contributed by atoms with van der Waals surface area (Å²) in [5, 5.41) is 21.6. The third-order valence-electron chi connectivity index (χ3n) is 7.24. The van der Waals surface area contributed by atoms with Crippen LogP contribution in [-0.2, 0) is 43.4 Å². The summed E-state index contributed by atoms with van der Waals surface area (Å²) in [6.07, 6.45) is -1.25. The first-order chi connectivity index (χ1) is 21.1. The molecule has 0 fully saturated rings. The molecule has 0 amide bonds. The zero-order valence-electron chi connectivity index (χ0n) is 24.2. The second-order valence-electron chi connectivity index (χ2n) is 10.5. The zero-order valence-corrected chi connectivity index (χ0v) is 24.2. The van der Waals surface area contributed by atoms with Crippen molar-refractivity contribution in [3.05, 3.63) is 156 Å². The normalized spacial score (nSPS) is 15.1. The molecule has 0 bridgehead atoms. The summed E-state index contributed by atoms with van der Waals surface area (Å²) in [5.74, 6) is -2.64. The Morgan fingerprint density at radius 2 is 0.932 bits per heavy atom. The minimum absolute atomic E-state index is 0.0456. The predicted octanol–water partition coefficient (Wildman–Crippen LogP) is 4.19. The van der Waals surface area contributed by atoms with Crippen LogP contribution in [0.4, 0.5) is 0 Å². The molecule has 8 nitrogen and oxygen atoms in total. The van der Waals surface area contributed by atoms with Crippen LogP contribution in [0.3, 0.4) is 0 Å². The molecule has 4 atom stereocenters. The maximum Gasteiger partial charge on any atom is 0.340 e. The first kappa shape index (κ1) is 32.1. The van der Waals surface area contributed by atoms with Gasteiger partial charge in [0.25, 0.3) is 0 Å². The summed E-state index contributed by atoms with van der Waals surface area (Å²) in [6.45, 7) is 7.48. The molecule has 0 aromatic heterocycles. The highest BCUT2D eigenvalue weighted by molar-refractivity contribution is 5.85. The lowest BCUT2D eigenvalue weighted by molar-refractivity contribution is -0.191. The summed E-state index contributed by atoms with van der Waals surface area (Å²) >= 11 is 0. The van der Waals surface area contributed by atoms with Crippen LogP contribution in [-0.4, -0.2) is 34.4 Å². The van der Waals surface area contributed by atoms with Crippen LogP contribution in [0.1, 0.15) is 33.4 Å². The van der Waals surface area contributed by atoms with E-state index in [0.717, 1.165) is 22.3 Å². The second kappa shape index (κ2) is 14.1. The third-order valence-corrected chi connectivity index (χ3v) is 7.24. The molecule has 8 heteroatoms. The first-order valence-corrected chi connectivity index (χ1v) is 14.0. The fourth-order valence-electron chi connectivity index (χ4n) is 4.73. The summed E-state index contributed by atoms with van der Waals surface area (Å²) in [6, 6.07) is 31.9. The summed E-state index contributed by atoms with van der Waals surface area (Å²) < 4.78 is 11.3. The van der Waals surface area contributed by atoms with E-state index in [1.54, 1.807) is 60.7 Å². The van der Waals surface area contributed by atoms with E-state index in [4.69, 9.17) is 20.9 Å². The Kier molecular flexibility index (Phi) is 10.3. The van der Waals surface area contributed by atoms with Gasteiger partial charge in [0.05, 0.1) is 0 Å². The number of carbonyl (C=O) groups excluding carboxylic acids is 2. The number of carbonyl (C=O) groups is 2. The summed E-state index contributed by atoms with van der Waals surface area (Å²) in [7, 11) is 0. The van der Waals surface area contributed by atoms with E-state index in [1.165, 1.54) is 0 Å². The molecule has 44 heavy (non-hydrogen) atoms. The van der Waals surface area contributed by atoms with Crippen LogP contribution in [0.2, 0.25) is 0 Å². The number of nitrogens with two attached hydrogens (primary N) is 2. The number of ether oxygens (including phenoxy) is 2. The smallest absolute Gasteiger partial charge is 0.340 e. The van der Waals surface area contributed by atoms with Crippen molar-refractivity contribution in [1.82, 2.24) is 0 Å². The molecule has 4 aromatic carbocycles. The second-order valence-corrected chi connectivity index (χ2v) is 10.5. The third kappa shape index (κ3) is 7.75. The maximum absolute atomic E-state index is 13.2. The average molecular weight is 593 g/mol. The van der Waals surface area contributed by atoms with E-state index in [-0.39, 0.29) is 12.8 Å². The Bertz CT molecular complexity index is 1450. The van der Waals surface area contributed by atoms with Crippen LogP contribution in [0, 0.1) is 0 Å². The first-order valence-electron chi connectivity index (χ1n) is 14.0. The molecule has 2 unspecified atom stereocenters. The van der Waals surface area contributed by atoms with Gasteiger partial charge < -0.3 is 19.7 Å². The van der Waals surface area contributed by atoms with Crippen LogP contribution < -0.4 is 11.5 Å². The van der Waals surface area contributed by atoms with Crippen molar-refractivity contribution in [1.29, 1.82) is 0 Å². The van der Waals surface area contributed by atoms with Crippen molar-refractivity contribution < 1.29 is 29.3 Å². The molecular weight excluding hydrogens is 556 g/mol. The van der Waals surface area contributed by atoms with Crippen molar-refractivity contribution in [2.45, 2.75) is 36.5 Å².